The minimum absolute atomic E-state index is 0. The van der Waals surface area contributed by atoms with Crippen molar-refractivity contribution in [3.05, 3.63) is 222 Å². The van der Waals surface area contributed by atoms with Crippen LogP contribution in [0, 0.1) is 22.0 Å². The second-order valence-corrected chi connectivity index (χ2v) is 17.6. The zero-order chi connectivity index (χ0) is 49.1. The van der Waals surface area contributed by atoms with Crippen LogP contribution in [0.3, 0.4) is 0 Å². The SMILES string of the molecule is CC#Cc1ccc([N+](=O)[O-])cc1.FP(F)F.FP(F)F.FP(F)F.FP(F)F.[Rh].[Rh].c1ccc(P(c2ccccc2)c2ccccc2)cc1.c1ccc(P(c2ccccc2)c2ccccc2)cc1. The molecule has 0 aliphatic rings. The van der Waals surface area contributed by atoms with Gasteiger partial charge in [-0.15, -0.1) is 5.92 Å². The second-order valence-electron chi connectivity index (χ2n) is 11.6. The van der Waals surface area contributed by atoms with E-state index in [-0.39, 0.29) is 44.6 Å². The van der Waals surface area contributed by atoms with Gasteiger partial charge in [0.25, 0.3) is 5.69 Å². The van der Waals surface area contributed by atoms with Crippen LogP contribution in [-0.2, 0) is 39.0 Å². The van der Waals surface area contributed by atoms with E-state index in [0.717, 1.165) is 5.56 Å². The first-order valence-corrected chi connectivity index (χ1v) is 25.0. The Morgan fingerprint density at radius 2 is 0.529 bits per heavy atom. The van der Waals surface area contributed by atoms with Gasteiger partial charge in [0.2, 0.25) is 0 Å². The molecule has 0 aromatic heterocycles. The molecule has 7 aromatic rings. The fourth-order valence-electron chi connectivity index (χ4n) is 5.17. The van der Waals surface area contributed by atoms with Crippen molar-refractivity contribution < 1.29 is 94.2 Å². The number of nitrogens with zero attached hydrogens (tertiary/aromatic N) is 1. The van der Waals surface area contributed by atoms with Crippen molar-refractivity contribution in [3.63, 3.8) is 0 Å². The minimum Gasteiger partial charge on any atom is -0.258 e. The number of hydrogen-bond donors (Lipinski definition) is 0. The summed E-state index contributed by atoms with van der Waals surface area (Å²) in [6.07, 6.45) is 0. The monoisotopic (exact) mass is 1240 g/mol. The average molecular weight is 1240 g/mol. The van der Waals surface area contributed by atoms with E-state index in [1.54, 1.807) is 19.1 Å². The van der Waals surface area contributed by atoms with E-state index in [9.17, 15) is 60.5 Å². The van der Waals surface area contributed by atoms with Crippen LogP contribution in [-0.4, -0.2) is 4.92 Å². The summed E-state index contributed by atoms with van der Waals surface area (Å²) in [5, 5.41) is 18.6. The van der Waals surface area contributed by atoms with Crippen LogP contribution in [0.1, 0.15) is 12.5 Å². The third kappa shape index (κ3) is 32.3. The smallest absolute Gasteiger partial charge is 0.258 e. The number of nitro benzene ring substituents is 1. The van der Waals surface area contributed by atoms with E-state index < -0.39 is 56.2 Å². The topological polar surface area (TPSA) is 43.1 Å². The Labute approximate surface area is 421 Å². The predicted molar refractivity (Wildman–Crippen MR) is 257 cm³/mol. The summed E-state index contributed by atoms with van der Waals surface area (Å²) in [5.74, 6) is 5.51. The summed E-state index contributed by atoms with van der Waals surface area (Å²) in [7, 11) is -17.4. The number of halogens is 12. The van der Waals surface area contributed by atoms with Gasteiger partial charge >= 0.3 is 35.4 Å². The molecule has 0 atom stereocenters. The molecule has 0 unspecified atom stereocenters. The first-order chi connectivity index (χ1) is 31.6. The van der Waals surface area contributed by atoms with E-state index in [1.807, 2.05) is 0 Å². The first kappa shape index (κ1) is 66.6. The Kier molecular flexibility index (Phi) is 40.4. The largest absolute Gasteiger partial charge is 0.456 e. The zero-order valence-electron chi connectivity index (χ0n) is 34.8. The summed E-state index contributed by atoms with van der Waals surface area (Å²) >= 11 is 0. The summed E-state index contributed by atoms with van der Waals surface area (Å²) in [6, 6.07) is 70.8. The molecule has 0 fully saturated rings. The Morgan fingerprint density at radius 1 is 0.353 bits per heavy atom. The summed E-state index contributed by atoms with van der Waals surface area (Å²) in [5.41, 5.74) is 0.889. The van der Waals surface area contributed by atoms with Crippen LogP contribution >= 0.6 is 51.3 Å². The standard InChI is InChI=1S/2C18H15P.C9H7NO2.4F3P.2Rh/c2*1-4-10-16(11-5-1)19(17-12-6-2-7-13-17)18-14-8-3-9-15-18;1-2-3-8-4-6-9(7-5-8)10(11)12;4*1-4(2)3;;/h2*1-15H;4-7H,1H3;;;;;;. The molecule has 0 saturated carbocycles. The second kappa shape index (κ2) is 41.3. The Bertz CT molecular complexity index is 2000. The number of non-ortho nitro benzene ring substituents is 1. The molecule has 0 spiro atoms. The third-order valence-corrected chi connectivity index (χ3v) is 12.3. The molecule has 2 radical (unpaired) electrons. The van der Waals surface area contributed by atoms with E-state index in [1.165, 1.54) is 44.0 Å². The van der Waals surface area contributed by atoms with Crippen molar-refractivity contribution in [1.82, 2.24) is 0 Å². The van der Waals surface area contributed by atoms with Gasteiger partial charge in [-0.25, -0.2) is 0 Å². The predicted octanol–water partition coefficient (Wildman–Crippen LogP) is 17.3. The molecule has 0 N–H and O–H groups in total. The van der Waals surface area contributed by atoms with Gasteiger partial charge in [-0.3, -0.25) is 10.1 Å². The summed E-state index contributed by atoms with van der Waals surface area (Å²) < 4.78 is 117. The van der Waals surface area contributed by atoms with E-state index in [2.05, 4.69) is 194 Å². The molecule has 7 aromatic carbocycles. The molecule has 0 heterocycles. The zero-order valence-corrected chi connectivity index (χ0v) is 43.4. The number of rotatable bonds is 7. The first-order valence-electron chi connectivity index (χ1n) is 18.2. The van der Waals surface area contributed by atoms with Gasteiger partial charge in [-0.2, -0.15) is 50.4 Å². The molecule has 23 heteroatoms. The van der Waals surface area contributed by atoms with E-state index in [4.69, 9.17) is 0 Å². The minimum atomic E-state index is -4.12. The molecule has 0 saturated heterocycles. The van der Waals surface area contributed by atoms with Gasteiger partial charge in [0.1, 0.15) is 0 Å². The van der Waals surface area contributed by atoms with Crippen molar-refractivity contribution in [2.75, 3.05) is 0 Å². The quantitative estimate of drug-likeness (QED) is 0.0399. The van der Waals surface area contributed by atoms with Crippen molar-refractivity contribution in [2.45, 2.75) is 6.92 Å². The molecule has 7 rings (SSSR count). The summed E-state index contributed by atoms with van der Waals surface area (Å²) in [6.45, 7) is 1.72. The number of benzene rings is 7. The Hall–Kier alpha value is -3.51. The fourth-order valence-corrected chi connectivity index (χ4v) is 9.78. The molecule has 0 bridgehead atoms. The molecule has 68 heavy (non-hydrogen) atoms. The van der Waals surface area contributed by atoms with Crippen LogP contribution < -0.4 is 31.8 Å². The maximum atomic E-state index is 10.2. The number of hydrogen-bond acceptors (Lipinski definition) is 2. The average Bonchev–Trinajstić information content (AvgIpc) is 3.29. The van der Waals surface area contributed by atoms with Crippen LogP contribution in [0.2, 0.25) is 0 Å². The van der Waals surface area contributed by atoms with Gasteiger partial charge in [0.05, 0.1) is 4.92 Å². The van der Waals surface area contributed by atoms with E-state index >= 15 is 0 Å². The Morgan fingerprint density at radius 3 is 0.676 bits per heavy atom. The van der Waals surface area contributed by atoms with Gasteiger partial charge in [0.15, 0.2) is 0 Å². The van der Waals surface area contributed by atoms with Crippen LogP contribution in [0.15, 0.2) is 206 Å². The van der Waals surface area contributed by atoms with Crippen molar-refractivity contribution in [3.8, 4) is 11.8 Å². The summed E-state index contributed by atoms with van der Waals surface area (Å²) in [4.78, 5) is 9.81. The third-order valence-electron chi connectivity index (χ3n) is 7.43. The molecule has 0 amide bonds. The van der Waals surface area contributed by atoms with Crippen molar-refractivity contribution in [2.24, 2.45) is 0 Å². The van der Waals surface area contributed by atoms with Crippen LogP contribution in [0.4, 0.5) is 56.1 Å². The van der Waals surface area contributed by atoms with Gasteiger partial charge in [-0.05, 0) is 66.7 Å². The molecular weight excluding hydrogens is 1210 g/mol. The van der Waals surface area contributed by atoms with Gasteiger partial charge in [0, 0.05) is 56.7 Å². The Balaban J connectivity index is 0. The maximum Gasteiger partial charge on any atom is 0.456 e. The van der Waals surface area contributed by atoms with E-state index in [0.29, 0.717) is 0 Å². The molecular formula is C45H37F12NO2P6Rh2. The fraction of sp³-hybridized carbons (Fsp3) is 0.0222. The van der Waals surface area contributed by atoms with Crippen LogP contribution in [0.25, 0.3) is 0 Å². The number of nitro groups is 1. The normalized spacial score (nSPS) is 9.51. The van der Waals surface area contributed by atoms with Gasteiger partial charge < -0.3 is 0 Å². The van der Waals surface area contributed by atoms with Crippen molar-refractivity contribution in [1.29, 1.82) is 0 Å². The molecule has 0 aliphatic carbocycles. The molecule has 366 valence electrons. The molecule has 3 nitrogen and oxygen atoms in total. The molecule has 0 aliphatic heterocycles. The van der Waals surface area contributed by atoms with Crippen LogP contribution in [0.5, 0.6) is 0 Å². The van der Waals surface area contributed by atoms with Crippen molar-refractivity contribution >= 4 is 88.8 Å². The van der Waals surface area contributed by atoms with Gasteiger partial charge in [-0.1, -0.05) is 188 Å². The maximum absolute atomic E-state index is 10.2.